The zero-order valence-corrected chi connectivity index (χ0v) is 13.3. The lowest BCUT2D eigenvalue weighted by atomic mass is 9.65. The van der Waals surface area contributed by atoms with E-state index in [1.165, 1.54) is 0 Å². The van der Waals surface area contributed by atoms with Crippen LogP contribution in [0, 0.1) is 10.8 Å². The molecule has 0 spiro atoms. The number of aliphatic imine (C=N–C) groups is 1. The van der Waals surface area contributed by atoms with Gasteiger partial charge in [-0.05, 0) is 20.8 Å². The Labute approximate surface area is 117 Å². The van der Waals surface area contributed by atoms with Crippen molar-refractivity contribution in [3.8, 4) is 0 Å². The summed E-state index contributed by atoms with van der Waals surface area (Å²) in [5.41, 5.74) is 0.739. The summed E-state index contributed by atoms with van der Waals surface area (Å²) >= 11 is 0. The normalized spacial score (nSPS) is 27.5. The van der Waals surface area contributed by atoms with Gasteiger partial charge in [0.1, 0.15) is 0 Å². The maximum atomic E-state index is 5.30. The van der Waals surface area contributed by atoms with E-state index in [1.807, 2.05) is 0 Å². The van der Waals surface area contributed by atoms with Crippen molar-refractivity contribution < 1.29 is 4.74 Å². The number of nitrogens with zero attached hydrogens (tertiary/aromatic N) is 2. The molecule has 0 atom stereocenters. The number of hydrogen-bond acceptors (Lipinski definition) is 2. The lowest BCUT2D eigenvalue weighted by molar-refractivity contribution is -0.0956. The van der Waals surface area contributed by atoms with Crippen LogP contribution in [-0.4, -0.2) is 49.2 Å². The molecule has 0 aliphatic carbocycles. The summed E-state index contributed by atoms with van der Waals surface area (Å²) < 4.78 is 5.30. The molecule has 0 radical (unpaired) electrons. The first kappa shape index (κ1) is 14.6. The monoisotopic (exact) mass is 267 g/mol. The molecule has 0 amide bonds. The molecule has 110 valence electrons. The maximum Gasteiger partial charge on any atom is 0.194 e. The molecule has 2 aliphatic rings. The molecule has 0 bridgehead atoms. The van der Waals surface area contributed by atoms with Crippen LogP contribution in [0.3, 0.4) is 0 Å². The van der Waals surface area contributed by atoms with Gasteiger partial charge in [-0.25, -0.2) is 0 Å². The van der Waals surface area contributed by atoms with Crippen LogP contribution in [0.2, 0.25) is 0 Å². The third-order valence-corrected chi connectivity index (χ3v) is 4.99. The van der Waals surface area contributed by atoms with Crippen LogP contribution < -0.4 is 5.32 Å². The van der Waals surface area contributed by atoms with Gasteiger partial charge in [0.15, 0.2) is 5.96 Å². The van der Waals surface area contributed by atoms with E-state index in [0.717, 1.165) is 38.8 Å². The van der Waals surface area contributed by atoms with Gasteiger partial charge >= 0.3 is 0 Å². The van der Waals surface area contributed by atoms with E-state index in [2.05, 4.69) is 51.8 Å². The summed E-state index contributed by atoms with van der Waals surface area (Å²) in [7, 11) is 0. The fourth-order valence-corrected chi connectivity index (χ4v) is 2.60. The summed E-state index contributed by atoms with van der Waals surface area (Å²) in [5.74, 6) is 1.06. The summed E-state index contributed by atoms with van der Waals surface area (Å²) in [5, 5.41) is 3.43. The quantitative estimate of drug-likeness (QED) is 0.628. The first-order valence-electron chi connectivity index (χ1n) is 7.36. The maximum absolute atomic E-state index is 5.30. The predicted octanol–water partition coefficient (Wildman–Crippen LogP) is 2.11. The molecule has 0 aromatic heterocycles. The highest BCUT2D eigenvalue weighted by Crippen LogP contribution is 2.46. The number of likely N-dealkylation sites (tertiary alicyclic amines) is 1. The summed E-state index contributed by atoms with van der Waals surface area (Å²) in [6.45, 7) is 18.1. The van der Waals surface area contributed by atoms with Crippen LogP contribution in [0.1, 0.15) is 41.5 Å². The largest absolute Gasteiger partial charge is 0.380 e. The van der Waals surface area contributed by atoms with Gasteiger partial charge in [-0.2, -0.15) is 0 Å². The molecule has 2 aliphatic heterocycles. The van der Waals surface area contributed by atoms with Crippen LogP contribution in [0.15, 0.2) is 4.99 Å². The molecule has 0 saturated carbocycles. The minimum atomic E-state index is 0.158. The van der Waals surface area contributed by atoms with E-state index in [-0.39, 0.29) is 11.0 Å². The zero-order valence-electron chi connectivity index (χ0n) is 13.3. The Balaban J connectivity index is 2.06. The molecule has 1 N–H and O–H groups in total. The minimum absolute atomic E-state index is 0.158. The van der Waals surface area contributed by atoms with E-state index < -0.39 is 0 Å². The smallest absolute Gasteiger partial charge is 0.194 e. The van der Waals surface area contributed by atoms with Crippen molar-refractivity contribution in [1.29, 1.82) is 0 Å². The molecule has 2 rings (SSSR count). The second kappa shape index (κ2) is 4.65. The average Bonchev–Trinajstić information content (AvgIpc) is 2.29. The van der Waals surface area contributed by atoms with Crippen LogP contribution in [0.4, 0.5) is 0 Å². The van der Waals surface area contributed by atoms with Gasteiger partial charge in [-0.15, -0.1) is 0 Å². The lowest BCUT2D eigenvalue weighted by Gasteiger charge is -2.62. The molecule has 4 heteroatoms. The molecular formula is C15H29N3O. The molecule has 0 unspecified atom stereocenters. The first-order chi connectivity index (χ1) is 8.72. The molecule has 4 nitrogen and oxygen atoms in total. The van der Waals surface area contributed by atoms with Gasteiger partial charge in [0.25, 0.3) is 0 Å². The highest BCUT2D eigenvalue weighted by Gasteiger charge is 2.53. The van der Waals surface area contributed by atoms with Gasteiger partial charge in [0.05, 0.1) is 19.8 Å². The van der Waals surface area contributed by atoms with Crippen LogP contribution in [0.25, 0.3) is 0 Å². The van der Waals surface area contributed by atoms with Gasteiger partial charge in [-0.3, -0.25) is 4.99 Å². The van der Waals surface area contributed by atoms with E-state index in [0.29, 0.717) is 5.41 Å². The van der Waals surface area contributed by atoms with Crippen molar-refractivity contribution in [2.45, 2.75) is 47.1 Å². The van der Waals surface area contributed by atoms with Gasteiger partial charge in [-0.1, -0.05) is 20.8 Å². The third-order valence-electron chi connectivity index (χ3n) is 4.99. The summed E-state index contributed by atoms with van der Waals surface area (Å²) in [6, 6.07) is 0. The van der Waals surface area contributed by atoms with Gasteiger partial charge in [0.2, 0.25) is 0 Å². The Bertz CT molecular complexity index is 370. The predicted molar refractivity (Wildman–Crippen MR) is 79.5 cm³/mol. The number of rotatable bonds is 3. The van der Waals surface area contributed by atoms with Crippen molar-refractivity contribution in [3.63, 3.8) is 0 Å². The Kier molecular flexibility index (Phi) is 3.58. The zero-order chi connectivity index (χ0) is 14.3. The van der Waals surface area contributed by atoms with Crippen molar-refractivity contribution in [1.82, 2.24) is 10.2 Å². The molecule has 2 fully saturated rings. The number of nitrogens with one attached hydrogen (secondary N) is 1. The molecular weight excluding hydrogens is 238 g/mol. The minimum Gasteiger partial charge on any atom is -0.380 e. The molecule has 19 heavy (non-hydrogen) atoms. The van der Waals surface area contributed by atoms with Gasteiger partial charge < -0.3 is 15.0 Å². The Morgan fingerprint density at radius 2 is 1.84 bits per heavy atom. The molecule has 0 aromatic carbocycles. The highest BCUT2D eigenvalue weighted by molar-refractivity contribution is 5.82. The standard InChI is InChI=1S/C15H29N3O/c1-7-16-12(17-8-15(6)10-19-11-15)18-9-13(2,3)14(18,4)5/h7-11H2,1-6H3,(H,16,17). The van der Waals surface area contributed by atoms with Crippen molar-refractivity contribution in [2.24, 2.45) is 15.8 Å². The van der Waals surface area contributed by atoms with Crippen molar-refractivity contribution in [2.75, 3.05) is 32.8 Å². The number of hydrogen-bond donors (Lipinski definition) is 1. The molecule has 2 saturated heterocycles. The number of ether oxygens (including phenoxy) is 1. The van der Waals surface area contributed by atoms with Crippen molar-refractivity contribution >= 4 is 5.96 Å². The first-order valence-corrected chi connectivity index (χ1v) is 7.36. The second-order valence-electron chi connectivity index (χ2n) is 7.50. The molecule has 2 heterocycles. The highest BCUT2D eigenvalue weighted by atomic mass is 16.5. The Morgan fingerprint density at radius 3 is 2.21 bits per heavy atom. The SMILES string of the molecule is CCNC(=NCC1(C)COC1)N1CC(C)(C)C1(C)C. The van der Waals surface area contributed by atoms with Crippen LogP contribution >= 0.6 is 0 Å². The van der Waals surface area contributed by atoms with Crippen LogP contribution in [0.5, 0.6) is 0 Å². The number of guanidine groups is 1. The second-order valence-corrected chi connectivity index (χ2v) is 7.50. The average molecular weight is 267 g/mol. The summed E-state index contributed by atoms with van der Waals surface area (Å²) in [4.78, 5) is 7.24. The van der Waals surface area contributed by atoms with Crippen LogP contribution in [-0.2, 0) is 4.74 Å². The van der Waals surface area contributed by atoms with E-state index in [1.54, 1.807) is 0 Å². The van der Waals surface area contributed by atoms with E-state index in [9.17, 15) is 0 Å². The summed E-state index contributed by atoms with van der Waals surface area (Å²) in [6.07, 6.45) is 0. The topological polar surface area (TPSA) is 36.9 Å². The lowest BCUT2D eigenvalue weighted by Crippen LogP contribution is -2.72. The van der Waals surface area contributed by atoms with Gasteiger partial charge in [0, 0.05) is 29.5 Å². The Morgan fingerprint density at radius 1 is 1.21 bits per heavy atom. The van der Waals surface area contributed by atoms with E-state index in [4.69, 9.17) is 9.73 Å². The third kappa shape index (κ3) is 2.47. The fraction of sp³-hybridized carbons (Fsp3) is 0.933. The Hall–Kier alpha value is -0.770. The molecule has 0 aromatic rings. The van der Waals surface area contributed by atoms with E-state index >= 15 is 0 Å². The fourth-order valence-electron chi connectivity index (χ4n) is 2.60. The van der Waals surface area contributed by atoms with Crippen molar-refractivity contribution in [3.05, 3.63) is 0 Å².